The van der Waals surface area contributed by atoms with Gasteiger partial charge in [0.05, 0.1) is 0 Å². The lowest BCUT2D eigenvalue weighted by atomic mass is 9.96. The number of hydrazine groups is 1. The summed E-state index contributed by atoms with van der Waals surface area (Å²) in [5.74, 6) is 6.98. The van der Waals surface area contributed by atoms with E-state index in [4.69, 9.17) is 15.3 Å². The largest absolute Gasteiger partial charge is 0.474 e. The van der Waals surface area contributed by atoms with Crippen LogP contribution in [0.15, 0.2) is 6.07 Å². The molecule has 1 aromatic heterocycles. The van der Waals surface area contributed by atoms with Gasteiger partial charge < -0.3 is 14.9 Å². The van der Waals surface area contributed by atoms with E-state index in [0.717, 1.165) is 12.8 Å². The van der Waals surface area contributed by atoms with Crippen molar-refractivity contribution < 1.29 is 9.47 Å². The van der Waals surface area contributed by atoms with Gasteiger partial charge in [0.25, 0.3) is 0 Å². The van der Waals surface area contributed by atoms with E-state index < -0.39 is 0 Å². The fourth-order valence-corrected chi connectivity index (χ4v) is 1.46. The van der Waals surface area contributed by atoms with Crippen LogP contribution in [0, 0.1) is 0 Å². The van der Waals surface area contributed by atoms with Crippen LogP contribution >= 0.6 is 0 Å². The van der Waals surface area contributed by atoms with Crippen LogP contribution in [-0.4, -0.2) is 23.2 Å². The summed E-state index contributed by atoms with van der Waals surface area (Å²) in [6.07, 6.45) is 3.70. The third-order valence-electron chi connectivity index (χ3n) is 2.51. The molecule has 0 spiro atoms. The molecule has 0 bridgehead atoms. The highest BCUT2D eigenvalue weighted by Gasteiger charge is 2.20. The van der Waals surface area contributed by atoms with Gasteiger partial charge in [-0.15, -0.1) is 0 Å². The number of hydrogen-bond donors (Lipinski definition) is 2. The molecule has 2 rings (SSSR count). The standard InChI is InChI=1S/C10H16N4O2/c1-15-6-9-12-8(14-11)5-10(13-9)16-7-3-2-4-7/h5,7H,2-4,6,11H2,1H3,(H,12,13,14). The zero-order valence-electron chi connectivity index (χ0n) is 9.27. The summed E-state index contributed by atoms with van der Waals surface area (Å²) >= 11 is 0. The molecule has 0 aliphatic heterocycles. The molecule has 6 heteroatoms. The Morgan fingerprint density at radius 1 is 1.50 bits per heavy atom. The lowest BCUT2D eigenvalue weighted by Crippen LogP contribution is -2.25. The van der Waals surface area contributed by atoms with Gasteiger partial charge in [-0.3, -0.25) is 0 Å². The number of rotatable bonds is 5. The number of nitrogens with one attached hydrogen (secondary N) is 1. The Kier molecular flexibility index (Phi) is 3.53. The quantitative estimate of drug-likeness (QED) is 0.569. The topological polar surface area (TPSA) is 82.3 Å². The van der Waals surface area contributed by atoms with E-state index in [1.807, 2.05) is 0 Å². The molecular weight excluding hydrogens is 208 g/mol. The Bertz CT molecular complexity index is 355. The van der Waals surface area contributed by atoms with Crippen LogP contribution in [0.4, 0.5) is 5.82 Å². The predicted octanol–water partition coefficient (Wildman–Crippen LogP) is 0.840. The van der Waals surface area contributed by atoms with E-state index in [2.05, 4.69) is 15.4 Å². The van der Waals surface area contributed by atoms with E-state index >= 15 is 0 Å². The second kappa shape index (κ2) is 5.09. The van der Waals surface area contributed by atoms with Crippen molar-refractivity contribution >= 4 is 5.82 Å². The molecule has 0 unspecified atom stereocenters. The number of nitrogens with two attached hydrogens (primary N) is 1. The molecule has 88 valence electrons. The Labute approximate surface area is 94.1 Å². The average Bonchev–Trinajstić information content (AvgIpc) is 2.24. The van der Waals surface area contributed by atoms with Crippen molar-refractivity contribution in [1.29, 1.82) is 0 Å². The molecule has 0 aromatic carbocycles. The molecule has 0 radical (unpaired) electrons. The average molecular weight is 224 g/mol. The van der Waals surface area contributed by atoms with Gasteiger partial charge in [0.1, 0.15) is 18.5 Å². The van der Waals surface area contributed by atoms with E-state index in [1.54, 1.807) is 13.2 Å². The van der Waals surface area contributed by atoms with Gasteiger partial charge in [-0.2, -0.15) is 4.98 Å². The first kappa shape index (κ1) is 11.1. The van der Waals surface area contributed by atoms with Gasteiger partial charge in [0.15, 0.2) is 5.82 Å². The minimum atomic E-state index is 0.288. The summed E-state index contributed by atoms with van der Waals surface area (Å²) < 4.78 is 10.7. The third kappa shape index (κ3) is 2.59. The molecule has 0 saturated heterocycles. The van der Waals surface area contributed by atoms with Crippen LogP contribution in [0.3, 0.4) is 0 Å². The molecule has 1 saturated carbocycles. The molecule has 16 heavy (non-hydrogen) atoms. The summed E-state index contributed by atoms with van der Waals surface area (Å²) in [6.45, 7) is 0.344. The van der Waals surface area contributed by atoms with E-state index in [-0.39, 0.29) is 6.10 Å². The lowest BCUT2D eigenvalue weighted by molar-refractivity contribution is 0.112. The van der Waals surface area contributed by atoms with Crippen LogP contribution in [0.5, 0.6) is 5.88 Å². The number of aromatic nitrogens is 2. The number of methoxy groups -OCH3 is 1. The summed E-state index contributed by atoms with van der Waals surface area (Å²) in [7, 11) is 1.60. The molecule has 1 fully saturated rings. The first-order valence-corrected chi connectivity index (χ1v) is 5.32. The number of anilines is 1. The second-order valence-corrected chi connectivity index (χ2v) is 3.76. The van der Waals surface area contributed by atoms with Crippen molar-refractivity contribution in [3.05, 3.63) is 11.9 Å². The van der Waals surface area contributed by atoms with Crippen LogP contribution < -0.4 is 16.0 Å². The van der Waals surface area contributed by atoms with E-state index in [0.29, 0.717) is 24.1 Å². The van der Waals surface area contributed by atoms with Gasteiger partial charge in [-0.25, -0.2) is 10.8 Å². The fraction of sp³-hybridized carbons (Fsp3) is 0.600. The van der Waals surface area contributed by atoms with Crippen LogP contribution in [-0.2, 0) is 11.3 Å². The van der Waals surface area contributed by atoms with Crippen molar-refractivity contribution in [1.82, 2.24) is 9.97 Å². The highest BCUT2D eigenvalue weighted by atomic mass is 16.5. The first-order chi connectivity index (χ1) is 7.81. The minimum Gasteiger partial charge on any atom is -0.474 e. The van der Waals surface area contributed by atoms with Gasteiger partial charge in [-0.05, 0) is 19.3 Å². The summed E-state index contributed by atoms with van der Waals surface area (Å²) in [4.78, 5) is 8.38. The number of nitrogen functional groups attached to an aromatic ring is 1. The maximum absolute atomic E-state index is 5.68. The summed E-state index contributed by atoms with van der Waals surface area (Å²) in [5.41, 5.74) is 2.49. The van der Waals surface area contributed by atoms with Crippen molar-refractivity contribution in [2.45, 2.75) is 32.0 Å². The summed E-state index contributed by atoms with van der Waals surface area (Å²) in [6, 6.07) is 1.69. The van der Waals surface area contributed by atoms with E-state index in [9.17, 15) is 0 Å². The number of nitrogens with zero attached hydrogens (tertiary/aromatic N) is 2. The third-order valence-corrected chi connectivity index (χ3v) is 2.51. The van der Waals surface area contributed by atoms with Gasteiger partial charge in [0, 0.05) is 13.2 Å². The molecule has 0 atom stereocenters. The molecule has 6 nitrogen and oxygen atoms in total. The molecule has 3 N–H and O–H groups in total. The smallest absolute Gasteiger partial charge is 0.219 e. The van der Waals surface area contributed by atoms with Gasteiger partial charge in [0.2, 0.25) is 5.88 Å². The molecule has 1 heterocycles. The normalized spacial score (nSPS) is 15.6. The summed E-state index contributed by atoms with van der Waals surface area (Å²) in [5, 5.41) is 0. The van der Waals surface area contributed by atoms with Crippen molar-refractivity contribution in [3.63, 3.8) is 0 Å². The zero-order valence-corrected chi connectivity index (χ0v) is 9.27. The predicted molar refractivity (Wildman–Crippen MR) is 58.8 cm³/mol. The Balaban J connectivity index is 2.11. The fourth-order valence-electron chi connectivity index (χ4n) is 1.46. The van der Waals surface area contributed by atoms with Crippen LogP contribution in [0.25, 0.3) is 0 Å². The lowest BCUT2D eigenvalue weighted by Gasteiger charge is -2.25. The SMILES string of the molecule is COCc1nc(NN)cc(OC2CCC2)n1. The van der Waals surface area contributed by atoms with E-state index in [1.165, 1.54) is 6.42 Å². The number of ether oxygens (including phenoxy) is 2. The van der Waals surface area contributed by atoms with Crippen molar-refractivity contribution in [3.8, 4) is 5.88 Å². The monoisotopic (exact) mass is 224 g/mol. The second-order valence-electron chi connectivity index (χ2n) is 3.76. The Hall–Kier alpha value is -1.40. The molecular formula is C10H16N4O2. The molecule has 1 aliphatic carbocycles. The maximum atomic E-state index is 5.68. The first-order valence-electron chi connectivity index (χ1n) is 5.32. The van der Waals surface area contributed by atoms with Gasteiger partial charge >= 0.3 is 0 Å². The Morgan fingerprint density at radius 2 is 2.31 bits per heavy atom. The van der Waals surface area contributed by atoms with Crippen molar-refractivity contribution in [2.24, 2.45) is 5.84 Å². The molecule has 0 amide bonds. The minimum absolute atomic E-state index is 0.288. The molecule has 1 aliphatic rings. The highest BCUT2D eigenvalue weighted by Crippen LogP contribution is 2.24. The highest BCUT2D eigenvalue weighted by molar-refractivity contribution is 5.37. The van der Waals surface area contributed by atoms with Crippen LogP contribution in [0.2, 0.25) is 0 Å². The van der Waals surface area contributed by atoms with Crippen LogP contribution in [0.1, 0.15) is 25.1 Å². The van der Waals surface area contributed by atoms with Gasteiger partial charge in [-0.1, -0.05) is 0 Å². The number of hydrogen-bond acceptors (Lipinski definition) is 6. The maximum Gasteiger partial charge on any atom is 0.219 e. The molecule has 1 aromatic rings. The van der Waals surface area contributed by atoms with Crippen molar-refractivity contribution in [2.75, 3.05) is 12.5 Å². The zero-order chi connectivity index (χ0) is 11.4. The Morgan fingerprint density at radius 3 is 2.88 bits per heavy atom.